The van der Waals surface area contributed by atoms with Gasteiger partial charge in [-0.2, -0.15) is 0 Å². The van der Waals surface area contributed by atoms with E-state index >= 15 is 0 Å². The quantitative estimate of drug-likeness (QED) is 0.577. The summed E-state index contributed by atoms with van der Waals surface area (Å²) in [5, 5.41) is 29.0. The average molecular weight is 241 g/mol. The summed E-state index contributed by atoms with van der Waals surface area (Å²) in [6, 6.07) is 4.14. The van der Waals surface area contributed by atoms with Crippen LogP contribution in [0.5, 0.6) is 5.75 Å². The summed E-state index contributed by atoms with van der Waals surface area (Å²) in [5.41, 5.74) is 0.349. The molecule has 0 aliphatic carbocycles. The number of rotatable bonds is 6. The first-order valence-corrected chi connectivity index (χ1v) is 5.27. The van der Waals surface area contributed by atoms with Crippen LogP contribution >= 0.6 is 0 Å². The number of hydrogen-bond donors (Lipinski definition) is 2. The zero-order chi connectivity index (χ0) is 12.8. The summed E-state index contributed by atoms with van der Waals surface area (Å²) in [5.74, 6) is 0.0639. The average Bonchev–Trinajstić information content (AvgIpc) is 2.35. The van der Waals surface area contributed by atoms with Gasteiger partial charge in [0.2, 0.25) is 0 Å². The molecule has 0 aromatic heterocycles. The molecule has 0 saturated carbocycles. The summed E-state index contributed by atoms with van der Waals surface area (Å²) in [6.45, 7) is 1.56. The van der Waals surface area contributed by atoms with E-state index in [0.29, 0.717) is 12.0 Å². The van der Waals surface area contributed by atoms with Crippen molar-refractivity contribution in [3.63, 3.8) is 0 Å². The van der Waals surface area contributed by atoms with Gasteiger partial charge in [-0.25, -0.2) is 0 Å². The van der Waals surface area contributed by atoms with Crippen LogP contribution in [0.3, 0.4) is 0 Å². The lowest BCUT2D eigenvalue weighted by Crippen LogP contribution is -2.16. The van der Waals surface area contributed by atoms with E-state index in [1.807, 2.05) is 0 Å². The van der Waals surface area contributed by atoms with Crippen molar-refractivity contribution in [3.8, 4) is 5.75 Å². The highest BCUT2D eigenvalue weighted by atomic mass is 16.6. The first-order chi connectivity index (χ1) is 8.08. The summed E-state index contributed by atoms with van der Waals surface area (Å²) >= 11 is 0. The normalized spacial score (nSPS) is 12.2. The number of nitrogens with zero attached hydrogens (tertiary/aromatic N) is 1. The van der Waals surface area contributed by atoms with Crippen LogP contribution in [0.1, 0.15) is 18.9 Å². The molecule has 0 bridgehead atoms. The summed E-state index contributed by atoms with van der Waals surface area (Å²) in [6.07, 6.45) is -0.152. The molecular weight excluding hydrogens is 226 g/mol. The second-order valence-corrected chi connectivity index (χ2v) is 3.59. The van der Waals surface area contributed by atoms with Crippen LogP contribution in [-0.2, 0) is 6.61 Å². The topological polar surface area (TPSA) is 92.8 Å². The van der Waals surface area contributed by atoms with Crippen molar-refractivity contribution in [2.24, 2.45) is 0 Å². The second kappa shape index (κ2) is 6.17. The predicted octanol–water partition coefficient (Wildman–Crippen LogP) is 1.24. The van der Waals surface area contributed by atoms with E-state index in [2.05, 4.69) is 0 Å². The maximum atomic E-state index is 10.7. The molecule has 0 aliphatic rings. The van der Waals surface area contributed by atoms with Crippen molar-refractivity contribution >= 4 is 5.69 Å². The Bertz CT molecular complexity index is 393. The van der Waals surface area contributed by atoms with Crippen LogP contribution in [0.15, 0.2) is 18.2 Å². The van der Waals surface area contributed by atoms with Gasteiger partial charge in [0, 0.05) is 6.07 Å². The van der Waals surface area contributed by atoms with Gasteiger partial charge in [0.25, 0.3) is 0 Å². The van der Waals surface area contributed by atoms with E-state index in [-0.39, 0.29) is 24.7 Å². The Morgan fingerprint density at radius 3 is 2.76 bits per heavy atom. The van der Waals surface area contributed by atoms with Crippen LogP contribution in [0.25, 0.3) is 0 Å². The number of hydrogen-bond acceptors (Lipinski definition) is 5. The molecular formula is C11H15NO5. The zero-order valence-corrected chi connectivity index (χ0v) is 9.50. The van der Waals surface area contributed by atoms with Crippen molar-refractivity contribution in [2.75, 3.05) is 6.61 Å². The summed E-state index contributed by atoms with van der Waals surface area (Å²) in [4.78, 5) is 10.2. The fourth-order valence-corrected chi connectivity index (χ4v) is 1.23. The second-order valence-electron chi connectivity index (χ2n) is 3.59. The lowest BCUT2D eigenvalue weighted by atomic mass is 10.2. The third-order valence-corrected chi connectivity index (χ3v) is 2.31. The first kappa shape index (κ1) is 13.4. The van der Waals surface area contributed by atoms with Gasteiger partial charge in [-0.1, -0.05) is 6.92 Å². The van der Waals surface area contributed by atoms with E-state index in [0.717, 1.165) is 0 Å². The summed E-state index contributed by atoms with van der Waals surface area (Å²) < 4.78 is 5.19. The Morgan fingerprint density at radius 2 is 2.24 bits per heavy atom. The Labute approximate surface area is 98.6 Å². The number of ether oxygens (including phenoxy) is 1. The van der Waals surface area contributed by atoms with Crippen LogP contribution < -0.4 is 4.74 Å². The largest absolute Gasteiger partial charge is 0.484 e. The third kappa shape index (κ3) is 3.69. The van der Waals surface area contributed by atoms with Crippen molar-refractivity contribution in [2.45, 2.75) is 26.1 Å². The molecule has 1 rings (SSSR count). The Kier molecular flexibility index (Phi) is 4.86. The van der Waals surface area contributed by atoms with Gasteiger partial charge in [-0.05, 0) is 24.1 Å². The number of aliphatic hydroxyl groups is 2. The van der Waals surface area contributed by atoms with Crippen LogP contribution in [0.4, 0.5) is 5.69 Å². The molecule has 0 spiro atoms. The molecule has 0 radical (unpaired) electrons. The molecule has 0 fully saturated rings. The van der Waals surface area contributed by atoms with Crippen molar-refractivity contribution in [1.29, 1.82) is 0 Å². The molecule has 0 amide bonds. The van der Waals surface area contributed by atoms with Crippen LogP contribution in [-0.4, -0.2) is 27.8 Å². The SMILES string of the molecule is CCC(O)COc1cc(CO)ccc1[N+](=O)[O-]. The van der Waals surface area contributed by atoms with E-state index in [4.69, 9.17) is 9.84 Å². The van der Waals surface area contributed by atoms with E-state index in [1.54, 1.807) is 6.92 Å². The van der Waals surface area contributed by atoms with Gasteiger partial charge in [0.1, 0.15) is 6.61 Å². The minimum atomic E-state index is -0.660. The number of nitro groups is 1. The van der Waals surface area contributed by atoms with Gasteiger partial charge in [-0.15, -0.1) is 0 Å². The van der Waals surface area contributed by atoms with E-state index < -0.39 is 11.0 Å². The molecule has 1 unspecified atom stereocenters. The van der Waals surface area contributed by atoms with Crippen molar-refractivity contribution in [1.82, 2.24) is 0 Å². The number of aliphatic hydroxyl groups excluding tert-OH is 2. The van der Waals surface area contributed by atoms with E-state index in [9.17, 15) is 15.2 Å². The van der Waals surface area contributed by atoms with Gasteiger partial charge in [0.05, 0.1) is 17.6 Å². The molecule has 1 aromatic carbocycles. The highest BCUT2D eigenvalue weighted by molar-refractivity contribution is 5.48. The molecule has 0 saturated heterocycles. The number of nitro benzene ring substituents is 1. The molecule has 2 N–H and O–H groups in total. The number of benzene rings is 1. The Morgan fingerprint density at radius 1 is 1.53 bits per heavy atom. The first-order valence-electron chi connectivity index (χ1n) is 5.27. The van der Waals surface area contributed by atoms with Crippen molar-refractivity contribution < 1.29 is 19.9 Å². The highest BCUT2D eigenvalue weighted by Gasteiger charge is 2.16. The van der Waals surface area contributed by atoms with Gasteiger partial charge in [-0.3, -0.25) is 10.1 Å². The minimum absolute atomic E-state index is 0.00772. The molecule has 17 heavy (non-hydrogen) atoms. The molecule has 94 valence electrons. The molecule has 6 heteroatoms. The Hall–Kier alpha value is -1.66. The minimum Gasteiger partial charge on any atom is -0.484 e. The monoisotopic (exact) mass is 241 g/mol. The Balaban J connectivity index is 2.89. The highest BCUT2D eigenvalue weighted by Crippen LogP contribution is 2.28. The molecule has 1 aromatic rings. The predicted molar refractivity (Wildman–Crippen MR) is 60.8 cm³/mol. The zero-order valence-electron chi connectivity index (χ0n) is 9.50. The summed E-state index contributed by atoms with van der Waals surface area (Å²) in [7, 11) is 0. The molecule has 6 nitrogen and oxygen atoms in total. The molecule has 0 heterocycles. The fourth-order valence-electron chi connectivity index (χ4n) is 1.23. The van der Waals surface area contributed by atoms with Gasteiger partial charge < -0.3 is 14.9 Å². The van der Waals surface area contributed by atoms with Crippen LogP contribution in [0, 0.1) is 10.1 Å². The lowest BCUT2D eigenvalue weighted by Gasteiger charge is -2.11. The lowest BCUT2D eigenvalue weighted by molar-refractivity contribution is -0.385. The maximum absolute atomic E-state index is 10.7. The molecule has 0 aliphatic heterocycles. The van der Waals surface area contributed by atoms with E-state index in [1.165, 1.54) is 18.2 Å². The maximum Gasteiger partial charge on any atom is 0.310 e. The molecule has 1 atom stereocenters. The third-order valence-electron chi connectivity index (χ3n) is 2.31. The standard InChI is InChI=1S/C11H15NO5/c1-2-9(14)7-17-11-5-8(6-13)3-4-10(11)12(15)16/h3-5,9,13-14H,2,6-7H2,1H3. The van der Waals surface area contributed by atoms with Gasteiger partial charge in [0.15, 0.2) is 5.75 Å². The fraction of sp³-hybridized carbons (Fsp3) is 0.455. The van der Waals surface area contributed by atoms with Crippen LogP contribution in [0.2, 0.25) is 0 Å². The smallest absolute Gasteiger partial charge is 0.310 e. The van der Waals surface area contributed by atoms with Crippen molar-refractivity contribution in [3.05, 3.63) is 33.9 Å². The van der Waals surface area contributed by atoms with Gasteiger partial charge >= 0.3 is 5.69 Å².